The maximum Gasteiger partial charge on any atom is 0.234 e. The van der Waals surface area contributed by atoms with Crippen molar-refractivity contribution >= 4 is 11.9 Å². The van der Waals surface area contributed by atoms with Gasteiger partial charge in [-0.2, -0.15) is 0 Å². The maximum absolute atomic E-state index is 12.2. The van der Waals surface area contributed by atoms with Crippen LogP contribution < -0.4 is 10.2 Å². The first-order valence-electron chi connectivity index (χ1n) is 8.78. The summed E-state index contributed by atoms with van der Waals surface area (Å²) in [6, 6.07) is 12.1. The normalized spacial score (nSPS) is 16.4. The van der Waals surface area contributed by atoms with Crippen molar-refractivity contribution in [2.24, 2.45) is 0 Å². The van der Waals surface area contributed by atoms with E-state index >= 15 is 0 Å². The highest BCUT2D eigenvalue weighted by Gasteiger charge is 2.20. The Kier molecular flexibility index (Phi) is 5.95. The van der Waals surface area contributed by atoms with E-state index in [0.717, 1.165) is 32.1 Å². The van der Waals surface area contributed by atoms with E-state index in [0.29, 0.717) is 19.0 Å². The predicted molar refractivity (Wildman–Crippen MR) is 98.6 cm³/mol. The number of rotatable bonds is 6. The first-order valence-corrected chi connectivity index (χ1v) is 8.78. The van der Waals surface area contributed by atoms with Crippen molar-refractivity contribution < 1.29 is 4.79 Å². The van der Waals surface area contributed by atoms with Crippen molar-refractivity contribution in [1.29, 1.82) is 0 Å². The fourth-order valence-corrected chi connectivity index (χ4v) is 2.99. The molecule has 25 heavy (non-hydrogen) atoms. The number of anilines is 1. The molecule has 0 unspecified atom stereocenters. The van der Waals surface area contributed by atoms with E-state index in [1.54, 1.807) is 12.4 Å². The van der Waals surface area contributed by atoms with E-state index in [-0.39, 0.29) is 5.91 Å². The minimum atomic E-state index is 0.0900. The van der Waals surface area contributed by atoms with E-state index in [2.05, 4.69) is 44.1 Å². The second kappa shape index (κ2) is 8.58. The Bertz CT molecular complexity index is 656. The van der Waals surface area contributed by atoms with Gasteiger partial charge in [0.15, 0.2) is 0 Å². The van der Waals surface area contributed by atoms with Crippen LogP contribution in [0.4, 0.5) is 5.95 Å². The lowest BCUT2D eigenvalue weighted by Gasteiger charge is -2.34. The molecule has 2 aromatic rings. The van der Waals surface area contributed by atoms with Crippen LogP contribution >= 0.6 is 0 Å². The molecule has 6 heteroatoms. The van der Waals surface area contributed by atoms with Gasteiger partial charge in [0.25, 0.3) is 0 Å². The Balaban J connectivity index is 1.39. The number of hydrogen-bond donors (Lipinski definition) is 1. The van der Waals surface area contributed by atoms with Gasteiger partial charge in [-0.1, -0.05) is 37.3 Å². The number of nitrogens with zero attached hydrogens (tertiary/aromatic N) is 4. The van der Waals surface area contributed by atoms with Crippen LogP contribution in [0.15, 0.2) is 48.8 Å². The molecule has 1 aromatic carbocycles. The zero-order valence-electron chi connectivity index (χ0n) is 14.6. The molecule has 1 aromatic heterocycles. The van der Waals surface area contributed by atoms with Crippen molar-refractivity contribution in [1.82, 2.24) is 20.2 Å². The second-order valence-corrected chi connectivity index (χ2v) is 6.43. The molecule has 132 valence electrons. The highest BCUT2D eigenvalue weighted by molar-refractivity contribution is 5.78. The van der Waals surface area contributed by atoms with E-state index < -0.39 is 0 Å². The van der Waals surface area contributed by atoms with Crippen molar-refractivity contribution in [3.8, 4) is 0 Å². The first-order chi connectivity index (χ1) is 12.2. The van der Waals surface area contributed by atoms with Crippen LogP contribution in [-0.4, -0.2) is 60.0 Å². The Morgan fingerprint density at radius 2 is 1.76 bits per heavy atom. The van der Waals surface area contributed by atoms with Gasteiger partial charge in [0.2, 0.25) is 11.9 Å². The molecule has 2 heterocycles. The number of benzene rings is 1. The van der Waals surface area contributed by atoms with Gasteiger partial charge < -0.3 is 10.2 Å². The molecule has 1 fully saturated rings. The molecule has 0 saturated carbocycles. The summed E-state index contributed by atoms with van der Waals surface area (Å²) in [5.41, 5.74) is 1.25. The van der Waals surface area contributed by atoms with Crippen LogP contribution in [0.3, 0.4) is 0 Å². The Morgan fingerprint density at radius 1 is 1.08 bits per heavy atom. The molecule has 0 radical (unpaired) electrons. The zero-order valence-corrected chi connectivity index (χ0v) is 14.6. The van der Waals surface area contributed by atoms with Gasteiger partial charge in [-0.25, -0.2) is 9.97 Å². The third kappa shape index (κ3) is 5.00. The van der Waals surface area contributed by atoms with Crippen LogP contribution in [0.2, 0.25) is 0 Å². The van der Waals surface area contributed by atoms with Gasteiger partial charge >= 0.3 is 0 Å². The van der Waals surface area contributed by atoms with Crippen molar-refractivity contribution in [2.75, 3.05) is 44.2 Å². The Hall–Kier alpha value is -2.47. The van der Waals surface area contributed by atoms with Crippen molar-refractivity contribution in [3.63, 3.8) is 0 Å². The molecule has 1 N–H and O–H groups in total. The third-order valence-corrected chi connectivity index (χ3v) is 4.55. The molecule has 0 spiro atoms. The first kappa shape index (κ1) is 17.4. The molecule has 0 bridgehead atoms. The summed E-state index contributed by atoms with van der Waals surface area (Å²) in [7, 11) is 0. The highest BCUT2D eigenvalue weighted by Crippen LogP contribution is 2.13. The largest absolute Gasteiger partial charge is 0.354 e. The number of hydrogen-bond acceptors (Lipinski definition) is 5. The molecule has 0 aliphatic carbocycles. The Labute approximate surface area is 148 Å². The number of nitrogens with one attached hydrogen (secondary N) is 1. The lowest BCUT2D eigenvalue weighted by Crippen LogP contribution is -2.50. The van der Waals surface area contributed by atoms with Gasteiger partial charge in [0, 0.05) is 45.1 Å². The molecule has 1 saturated heterocycles. The SMILES string of the molecule is C[C@H](CNC(=O)CN1CCN(c2ncccn2)CC1)c1ccccc1. The monoisotopic (exact) mass is 339 g/mol. The average molecular weight is 339 g/mol. The molecule has 1 atom stereocenters. The summed E-state index contributed by atoms with van der Waals surface area (Å²) in [5, 5.41) is 3.05. The van der Waals surface area contributed by atoms with Crippen molar-refractivity contribution in [2.45, 2.75) is 12.8 Å². The van der Waals surface area contributed by atoms with Crippen molar-refractivity contribution in [3.05, 3.63) is 54.4 Å². The minimum Gasteiger partial charge on any atom is -0.354 e. The predicted octanol–water partition coefficient (Wildman–Crippen LogP) is 1.52. The topological polar surface area (TPSA) is 61.4 Å². The molecular weight excluding hydrogens is 314 g/mol. The summed E-state index contributed by atoms with van der Waals surface area (Å²) < 4.78 is 0. The Morgan fingerprint density at radius 3 is 2.44 bits per heavy atom. The molecule has 6 nitrogen and oxygen atoms in total. The maximum atomic E-state index is 12.2. The molecular formula is C19H25N5O. The van der Waals surface area contributed by atoms with Crippen LogP contribution in [0.5, 0.6) is 0 Å². The van der Waals surface area contributed by atoms with E-state index in [1.807, 2.05) is 24.3 Å². The average Bonchev–Trinajstić information content (AvgIpc) is 2.68. The number of amides is 1. The summed E-state index contributed by atoms with van der Waals surface area (Å²) >= 11 is 0. The van der Waals surface area contributed by atoms with Crippen LogP contribution in [0.25, 0.3) is 0 Å². The smallest absolute Gasteiger partial charge is 0.234 e. The van der Waals surface area contributed by atoms with Crippen LogP contribution in [0.1, 0.15) is 18.4 Å². The molecule has 3 rings (SSSR count). The third-order valence-electron chi connectivity index (χ3n) is 4.55. The number of aromatic nitrogens is 2. The zero-order chi connectivity index (χ0) is 17.5. The summed E-state index contributed by atoms with van der Waals surface area (Å²) in [6.45, 7) is 6.63. The molecule has 1 aliphatic heterocycles. The number of carbonyl (C=O) groups is 1. The van der Waals surface area contributed by atoms with Crippen LogP contribution in [0, 0.1) is 0 Å². The van der Waals surface area contributed by atoms with E-state index in [1.165, 1.54) is 5.56 Å². The fraction of sp³-hybridized carbons (Fsp3) is 0.421. The van der Waals surface area contributed by atoms with Gasteiger partial charge in [-0.3, -0.25) is 9.69 Å². The molecule has 1 amide bonds. The quantitative estimate of drug-likeness (QED) is 0.865. The summed E-state index contributed by atoms with van der Waals surface area (Å²) in [6.07, 6.45) is 3.52. The minimum absolute atomic E-state index is 0.0900. The molecule has 1 aliphatic rings. The summed E-state index contributed by atoms with van der Waals surface area (Å²) in [5.74, 6) is 1.17. The lowest BCUT2D eigenvalue weighted by atomic mass is 10.0. The van der Waals surface area contributed by atoms with Gasteiger partial charge in [-0.05, 0) is 17.5 Å². The van der Waals surface area contributed by atoms with Crippen LogP contribution in [-0.2, 0) is 4.79 Å². The lowest BCUT2D eigenvalue weighted by molar-refractivity contribution is -0.122. The van der Waals surface area contributed by atoms with Gasteiger partial charge in [0.1, 0.15) is 0 Å². The van der Waals surface area contributed by atoms with Gasteiger partial charge in [-0.15, -0.1) is 0 Å². The number of carbonyl (C=O) groups excluding carboxylic acids is 1. The fourth-order valence-electron chi connectivity index (χ4n) is 2.99. The highest BCUT2D eigenvalue weighted by atomic mass is 16.2. The standard InChI is InChI=1S/C19H25N5O/c1-16(17-6-3-2-4-7-17)14-22-18(25)15-23-10-12-24(13-11-23)19-20-8-5-9-21-19/h2-9,16H,10-15H2,1H3,(H,22,25)/t16-/m1/s1. The van der Waals surface area contributed by atoms with E-state index in [9.17, 15) is 4.79 Å². The second-order valence-electron chi connectivity index (χ2n) is 6.43. The van der Waals surface area contributed by atoms with E-state index in [4.69, 9.17) is 0 Å². The summed E-state index contributed by atoms with van der Waals surface area (Å²) in [4.78, 5) is 25.1. The number of piperazine rings is 1. The van der Waals surface area contributed by atoms with Gasteiger partial charge in [0.05, 0.1) is 6.54 Å².